The number of fused-ring (bicyclic) bond motifs is 1. The molecule has 0 aromatic heterocycles. The Morgan fingerprint density at radius 2 is 1.38 bits per heavy atom. The lowest BCUT2D eigenvalue weighted by molar-refractivity contribution is -0.115. The van der Waals surface area contributed by atoms with E-state index >= 15 is 0 Å². The van der Waals surface area contributed by atoms with Crippen LogP contribution in [0.2, 0.25) is 0 Å². The normalized spacial score (nSPS) is 23.8. The maximum absolute atomic E-state index is 12.5. The molecular formula is C36H38N2O2. The van der Waals surface area contributed by atoms with Gasteiger partial charge in [0.1, 0.15) is 24.8 Å². The number of ether oxygens (including phenoxy) is 1. The van der Waals surface area contributed by atoms with Crippen molar-refractivity contribution in [2.45, 2.75) is 45.5 Å². The molecule has 6 rings (SSSR count). The molecule has 4 aromatic carbocycles. The number of carbonyl (C=O) groups is 1. The van der Waals surface area contributed by atoms with Crippen LogP contribution in [0.4, 0.5) is 11.4 Å². The lowest BCUT2D eigenvalue weighted by Crippen LogP contribution is -2.62. The van der Waals surface area contributed by atoms with Gasteiger partial charge in [-0.2, -0.15) is 0 Å². The van der Waals surface area contributed by atoms with E-state index in [0.717, 1.165) is 30.7 Å². The average Bonchev–Trinajstić information content (AvgIpc) is 3.00. The van der Waals surface area contributed by atoms with Gasteiger partial charge in [-0.05, 0) is 65.8 Å². The Morgan fingerprint density at radius 3 is 2.00 bits per heavy atom. The van der Waals surface area contributed by atoms with Crippen molar-refractivity contribution in [1.82, 2.24) is 0 Å². The van der Waals surface area contributed by atoms with Gasteiger partial charge in [0.05, 0.1) is 0 Å². The molecule has 4 aromatic rings. The summed E-state index contributed by atoms with van der Waals surface area (Å²) in [5.41, 5.74) is 4.82. The summed E-state index contributed by atoms with van der Waals surface area (Å²) in [6.07, 6.45) is 3.19. The minimum absolute atomic E-state index is 0.0181. The minimum Gasteiger partial charge on any atom is -0.489 e. The van der Waals surface area contributed by atoms with Gasteiger partial charge in [-0.15, -0.1) is 0 Å². The molecule has 0 bridgehead atoms. The highest BCUT2D eigenvalue weighted by Gasteiger charge is 2.50. The minimum atomic E-state index is -0.0181. The Bertz CT molecular complexity index is 1390. The molecule has 2 aliphatic rings. The molecule has 1 heterocycles. The van der Waals surface area contributed by atoms with E-state index in [2.05, 4.69) is 121 Å². The largest absolute Gasteiger partial charge is 0.489 e. The molecule has 40 heavy (non-hydrogen) atoms. The van der Waals surface area contributed by atoms with Gasteiger partial charge in [0.25, 0.3) is 0 Å². The molecule has 1 aliphatic heterocycles. The van der Waals surface area contributed by atoms with Crippen LogP contribution in [-0.4, -0.2) is 18.9 Å². The van der Waals surface area contributed by atoms with Crippen molar-refractivity contribution in [2.75, 3.05) is 16.3 Å². The van der Waals surface area contributed by atoms with E-state index in [0.29, 0.717) is 6.61 Å². The number of hydrogen-bond acceptors (Lipinski definition) is 4. The number of nitrogens with zero attached hydrogens (tertiary/aromatic N) is 2. The first-order valence-corrected chi connectivity index (χ1v) is 14.4. The summed E-state index contributed by atoms with van der Waals surface area (Å²) in [6, 6.07) is 40.5. The van der Waals surface area contributed by atoms with Crippen LogP contribution in [0.15, 0.2) is 115 Å². The number of carbonyl (C=O) groups excluding carboxylic acids is 1. The first kappa shape index (κ1) is 26.2. The van der Waals surface area contributed by atoms with Crippen molar-refractivity contribution < 1.29 is 9.53 Å². The van der Waals surface area contributed by atoms with E-state index in [1.54, 1.807) is 0 Å². The fourth-order valence-corrected chi connectivity index (χ4v) is 6.86. The van der Waals surface area contributed by atoms with E-state index in [1.807, 2.05) is 18.2 Å². The van der Waals surface area contributed by atoms with Gasteiger partial charge in [-0.1, -0.05) is 92.7 Å². The third-order valence-corrected chi connectivity index (χ3v) is 8.66. The van der Waals surface area contributed by atoms with Crippen LogP contribution in [0, 0.1) is 17.3 Å². The van der Waals surface area contributed by atoms with Crippen molar-refractivity contribution in [3.63, 3.8) is 0 Å². The van der Waals surface area contributed by atoms with Gasteiger partial charge >= 0.3 is 0 Å². The molecular weight excluding hydrogens is 492 g/mol. The van der Waals surface area contributed by atoms with Crippen LogP contribution in [0.1, 0.15) is 44.0 Å². The van der Waals surface area contributed by atoms with Crippen LogP contribution < -0.4 is 14.5 Å². The van der Waals surface area contributed by atoms with Crippen molar-refractivity contribution >= 4 is 17.7 Å². The van der Waals surface area contributed by atoms with Crippen molar-refractivity contribution in [3.05, 3.63) is 126 Å². The Labute approximate surface area is 238 Å². The average molecular weight is 531 g/mol. The van der Waals surface area contributed by atoms with E-state index in [9.17, 15) is 4.79 Å². The van der Waals surface area contributed by atoms with Gasteiger partial charge in [0.2, 0.25) is 0 Å². The number of aldehydes is 1. The summed E-state index contributed by atoms with van der Waals surface area (Å²) in [4.78, 5) is 17.6. The lowest BCUT2D eigenvalue weighted by atomic mass is 9.63. The molecule has 4 nitrogen and oxygen atoms in total. The third kappa shape index (κ3) is 5.36. The van der Waals surface area contributed by atoms with Crippen molar-refractivity contribution in [2.24, 2.45) is 17.3 Å². The fraction of sp³-hybridized carbons (Fsp3) is 0.306. The van der Waals surface area contributed by atoms with Crippen molar-refractivity contribution in [1.29, 1.82) is 0 Å². The van der Waals surface area contributed by atoms with E-state index < -0.39 is 0 Å². The first-order chi connectivity index (χ1) is 19.5. The van der Waals surface area contributed by atoms with E-state index in [1.165, 1.54) is 23.2 Å². The first-order valence-electron chi connectivity index (χ1n) is 14.4. The maximum Gasteiger partial charge on any atom is 0.128 e. The van der Waals surface area contributed by atoms with E-state index in [-0.39, 0.29) is 29.5 Å². The molecule has 1 aliphatic carbocycles. The molecule has 2 fully saturated rings. The molecule has 0 amide bonds. The standard InChI is InChI=1S/C36H38N2O2/c1-36(2)22-29(25-39)33-24-37(30-14-8-4-9-15-30)35(38(34(33)23-36)31-16-10-5-11-17-31)28-18-20-32(21-19-28)40-26-27-12-6-3-7-13-27/h3-21,25,29,33-35H,22-24,26H2,1-2H3. The van der Waals surface area contributed by atoms with Crippen LogP contribution in [0.5, 0.6) is 5.75 Å². The Hall–Kier alpha value is -4.05. The summed E-state index contributed by atoms with van der Waals surface area (Å²) in [7, 11) is 0. The number of anilines is 2. The van der Waals surface area contributed by atoms with Gasteiger partial charge in [0, 0.05) is 35.8 Å². The van der Waals surface area contributed by atoms with Gasteiger partial charge in [-0.3, -0.25) is 0 Å². The smallest absolute Gasteiger partial charge is 0.128 e. The molecule has 0 radical (unpaired) electrons. The van der Waals surface area contributed by atoms with Crippen molar-refractivity contribution in [3.8, 4) is 5.75 Å². The topological polar surface area (TPSA) is 32.8 Å². The van der Waals surface area contributed by atoms with Crippen LogP contribution in [0.25, 0.3) is 0 Å². The highest BCUT2D eigenvalue weighted by Crippen LogP contribution is 2.51. The second kappa shape index (κ2) is 11.2. The zero-order valence-corrected chi connectivity index (χ0v) is 23.4. The predicted octanol–water partition coefficient (Wildman–Crippen LogP) is 7.91. The number of para-hydroxylation sites is 2. The predicted molar refractivity (Wildman–Crippen MR) is 163 cm³/mol. The second-order valence-corrected chi connectivity index (χ2v) is 12.1. The molecule has 4 atom stereocenters. The summed E-state index contributed by atoms with van der Waals surface area (Å²) in [6.45, 7) is 6.02. The highest BCUT2D eigenvalue weighted by atomic mass is 16.5. The maximum atomic E-state index is 12.5. The number of benzene rings is 4. The molecule has 4 heteroatoms. The lowest BCUT2D eigenvalue weighted by Gasteiger charge is -2.59. The molecule has 0 spiro atoms. The molecule has 1 saturated carbocycles. The molecule has 4 unspecified atom stereocenters. The fourth-order valence-electron chi connectivity index (χ4n) is 6.86. The second-order valence-electron chi connectivity index (χ2n) is 12.1. The summed E-state index contributed by atoms with van der Waals surface area (Å²) < 4.78 is 6.13. The summed E-state index contributed by atoms with van der Waals surface area (Å²) in [5, 5.41) is 0. The number of rotatable bonds is 7. The van der Waals surface area contributed by atoms with E-state index in [4.69, 9.17) is 4.74 Å². The Balaban J connectivity index is 1.41. The quantitative estimate of drug-likeness (QED) is 0.227. The van der Waals surface area contributed by atoms with Crippen LogP contribution in [0.3, 0.4) is 0 Å². The zero-order chi connectivity index (χ0) is 27.5. The van der Waals surface area contributed by atoms with Gasteiger partial charge in [0.15, 0.2) is 0 Å². The number of hydrogen-bond donors (Lipinski definition) is 0. The van der Waals surface area contributed by atoms with Crippen LogP contribution >= 0.6 is 0 Å². The third-order valence-electron chi connectivity index (χ3n) is 8.66. The highest BCUT2D eigenvalue weighted by molar-refractivity contribution is 5.62. The SMILES string of the molecule is CC1(C)CC(C=O)C2CN(c3ccccc3)C(c3ccc(OCc4ccccc4)cc3)N(c3ccccc3)C2C1. The summed E-state index contributed by atoms with van der Waals surface area (Å²) >= 11 is 0. The molecule has 1 saturated heterocycles. The Morgan fingerprint density at radius 1 is 0.775 bits per heavy atom. The monoisotopic (exact) mass is 530 g/mol. The molecule has 0 N–H and O–H groups in total. The Kier molecular flexibility index (Phi) is 7.34. The van der Waals surface area contributed by atoms with Gasteiger partial charge in [-0.25, -0.2) is 0 Å². The molecule has 204 valence electrons. The zero-order valence-electron chi connectivity index (χ0n) is 23.4. The van der Waals surface area contributed by atoms with Crippen LogP contribution in [-0.2, 0) is 11.4 Å². The van der Waals surface area contributed by atoms with Gasteiger partial charge < -0.3 is 19.3 Å². The summed E-state index contributed by atoms with van der Waals surface area (Å²) in [5.74, 6) is 1.13.